The SMILES string of the molecule is Clc1ccc2c(c1)[nH]c1ccc3c(ccc4[nH]c5cc(Cl)ccc5c43)c12. The fourth-order valence-electron chi connectivity index (χ4n) is 4.16. The molecule has 26 heavy (non-hydrogen) atoms. The molecule has 124 valence electrons. The van der Waals surface area contributed by atoms with E-state index >= 15 is 0 Å². The van der Waals surface area contributed by atoms with Crippen molar-refractivity contribution in [3.05, 3.63) is 70.7 Å². The van der Waals surface area contributed by atoms with Gasteiger partial charge in [0, 0.05) is 53.7 Å². The number of aromatic nitrogens is 2. The highest BCUT2D eigenvalue weighted by molar-refractivity contribution is 6.34. The molecule has 4 aromatic carbocycles. The van der Waals surface area contributed by atoms with E-state index < -0.39 is 0 Å². The van der Waals surface area contributed by atoms with Crippen LogP contribution in [-0.2, 0) is 0 Å². The van der Waals surface area contributed by atoms with E-state index in [0.29, 0.717) is 0 Å². The van der Waals surface area contributed by atoms with Gasteiger partial charge in [0.2, 0.25) is 0 Å². The van der Waals surface area contributed by atoms with Gasteiger partial charge in [-0.15, -0.1) is 0 Å². The van der Waals surface area contributed by atoms with Crippen LogP contribution in [-0.4, -0.2) is 9.97 Å². The van der Waals surface area contributed by atoms with E-state index in [-0.39, 0.29) is 0 Å². The molecule has 0 aliphatic rings. The predicted octanol–water partition coefficient (Wildman–Crippen LogP) is 7.42. The van der Waals surface area contributed by atoms with Crippen molar-refractivity contribution in [2.75, 3.05) is 0 Å². The topological polar surface area (TPSA) is 31.6 Å². The summed E-state index contributed by atoms with van der Waals surface area (Å²) in [7, 11) is 0. The molecule has 2 nitrogen and oxygen atoms in total. The Bertz CT molecular complexity index is 1390. The van der Waals surface area contributed by atoms with Crippen molar-refractivity contribution in [3.8, 4) is 0 Å². The monoisotopic (exact) mass is 374 g/mol. The summed E-state index contributed by atoms with van der Waals surface area (Å²) in [6.45, 7) is 0. The lowest BCUT2D eigenvalue weighted by Gasteiger charge is -2.03. The Kier molecular flexibility index (Phi) is 2.75. The minimum Gasteiger partial charge on any atom is -0.354 e. The Morgan fingerprint density at radius 2 is 0.885 bits per heavy atom. The summed E-state index contributed by atoms with van der Waals surface area (Å²) in [6, 6.07) is 20.7. The van der Waals surface area contributed by atoms with Gasteiger partial charge in [-0.05, 0) is 47.2 Å². The Hall–Kier alpha value is -2.68. The van der Waals surface area contributed by atoms with Crippen molar-refractivity contribution in [1.29, 1.82) is 0 Å². The average Bonchev–Trinajstić information content (AvgIpc) is 3.17. The molecule has 0 amide bonds. The van der Waals surface area contributed by atoms with Crippen LogP contribution in [0.2, 0.25) is 10.0 Å². The zero-order chi connectivity index (χ0) is 17.4. The standard InChI is InChI=1S/C22H12Cl2N2/c23-11-1-3-15-19(9-11)25-17-7-6-14-13(21(15)17)5-8-18-22(14)16-4-2-12(24)10-20(16)26-18/h1-10,25-26H. The van der Waals surface area contributed by atoms with Gasteiger partial charge in [0.15, 0.2) is 0 Å². The lowest BCUT2D eigenvalue weighted by Crippen LogP contribution is -1.77. The molecule has 2 aromatic heterocycles. The number of hydrogen-bond donors (Lipinski definition) is 2. The van der Waals surface area contributed by atoms with E-state index in [1.807, 2.05) is 24.3 Å². The number of nitrogens with one attached hydrogen (secondary N) is 2. The van der Waals surface area contributed by atoms with Gasteiger partial charge in [-0.3, -0.25) is 0 Å². The van der Waals surface area contributed by atoms with Crippen LogP contribution in [0.15, 0.2) is 60.7 Å². The maximum atomic E-state index is 6.17. The third-order valence-electron chi connectivity index (χ3n) is 5.24. The number of benzene rings is 4. The summed E-state index contributed by atoms with van der Waals surface area (Å²) in [5.74, 6) is 0. The summed E-state index contributed by atoms with van der Waals surface area (Å²) >= 11 is 12.3. The summed E-state index contributed by atoms with van der Waals surface area (Å²) in [4.78, 5) is 6.98. The molecule has 6 rings (SSSR count). The second-order valence-corrected chi connectivity index (χ2v) is 7.57. The largest absolute Gasteiger partial charge is 0.354 e. The number of H-pyrrole nitrogens is 2. The van der Waals surface area contributed by atoms with Gasteiger partial charge in [0.1, 0.15) is 0 Å². The zero-order valence-corrected chi connectivity index (χ0v) is 15.0. The van der Waals surface area contributed by atoms with Gasteiger partial charge in [-0.2, -0.15) is 0 Å². The fourth-order valence-corrected chi connectivity index (χ4v) is 4.50. The van der Waals surface area contributed by atoms with Crippen LogP contribution < -0.4 is 0 Å². The summed E-state index contributed by atoms with van der Waals surface area (Å²) in [5, 5.41) is 8.81. The number of hydrogen-bond acceptors (Lipinski definition) is 0. The molecule has 0 atom stereocenters. The number of aromatic amines is 2. The molecule has 4 heteroatoms. The molecule has 2 N–H and O–H groups in total. The maximum absolute atomic E-state index is 6.17. The van der Waals surface area contributed by atoms with Crippen molar-refractivity contribution in [2.24, 2.45) is 0 Å². The molecule has 0 bridgehead atoms. The van der Waals surface area contributed by atoms with Crippen LogP contribution in [0.3, 0.4) is 0 Å². The van der Waals surface area contributed by atoms with Crippen molar-refractivity contribution < 1.29 is 0 Å². The van der Waals surface area contributed by atoms with Crippen molar-refractivity contribution in [3.63, 3.8) is 0 Å². The lowest BCUT2D eigenvalue weighted by atomic mass is 9.99. The van der Waals surface area contributed by atoms with Crippen LogP contribution in [0.25, 0.3) is 54.4 Å². The van der Waals surface area contributed by atoms with Crippen LogP contribution in [0.1, 0.15) is 0 Å². The third-order valence-corrected chi connectivity index (χ3v) is 5.71. The highest BCUT2D eigenvalue weighted by Gasteiger charge is 2.13. The highest BCUT2D eigenvalue weighted by atomic mass is 35.5. The quantitative estimate of drug-likeness (QED) is 0.277. The average molecular weight is 375 g/mol. The predicted molar refractivity (Wildman–Crippen MR) is 113 cm³/mol. The van der Waals surface area contributed by atoms with Crippen molar-refractivity contribution in [1.82, 2.24) is 9.97 Å². The summed E-state index contributed by atoms with van der Waals surface area (Å²) in [5.41, 5.74) is 4.37. The van der Waals surface area contributed by atoms with Gasteiger partial charge in [0.05, 0.1) is 0 Å². The molecular weight excluding hydrogens is 363 g/mol. The Balaban J connectivity index is 1.87. The molecule has 0 unspecified atom stereocenters. The molecule has 0 aliphatic carbocycles. The zero-order valence-electron chi connectivity index (χ0n) is 13.5. The first-order chi connectivity index (χ1) is 12.7. The van der Waals surface area contributed by atoms with E-state index in [1.54, 1.807) is 0 Å². The van der Waals surface area contributed by atoms with Gasteiger partial charge in [-0.1, -0.05) is 47.5 Å². The lowest BCUT2D eigenvalue weighted by molar-refractivity contribution is 1.55. The Labute approximate surface area is 158 Å². The van der Waals surface area contributed by atoms with Gasteiger partial charge in [-0.25, -0.2) is 0 Å². The van der Waals surface area contributed by atoms with E-state index in [0.717, 1.165) is 32.1 Å². The number of fused-ring (bicyclic) bond motifs is 9. The molecule has 0 fully saturated rings. The van der Waals surface area contributed by atoms with E-state index in [2.05, 4.69) is 46.4 Å². The minimum absolute atomic E-state index is 0.740. The number of halogens is 2. The first-order valence-corrected chi connectivity index (χ1v) is 9.18. The maximum Gasteiger partial charge on any atom is 0.0480 e. The van der Waals surface area contributed by atoms with Crippen molar-refractivity contribution >= 4 is 77.6 Å². The van der Waals surface area contributed by atoms with Gasteiger partial charge >= 0.3 is 0 Å². The summed E-state index contributed by atoms with van der Waals surface area (Å²) in [6.07, 6.45) is 0. The first-order valence-electron chi connectivity index (χ1n) is 8.43. The molecule has 2 heterocycles. The smallest absolute Gasteiger partial charge is 0.0480 e. The molecule has 6 aromatic rings. The molecule has 0 radical (unpaired) electrons. The Morgan fingerprint density at radius 1 is 0.462 bits per heavy atom. The van der Waals surface area contributed by atoms with Crippen LogP contribution in [0.4, 0.5) is 0 Å². The summed E-state index contributed by atoms with van der Waals surface area (Å²) < 4.78 is 0. The fraction of sp³-hybridized carbons (Fsp3) is 0. The van der Waals surface area contributed by atoms with Crippen LogP contribution in [0.5, 0.6) is 0 Å². The minimum atomic E-state index is 0.740. The highest BCUT2D eigenvalue weighted by Crippen LogP contribution is 2.39. The van der Waals surface area contributed by atoms with Gasteiger partial charge < -0.3 is 9.97 Å². The van der Waals surface area contributed by atoms with E-state index in [4.69, 9.17) is 23.2 Å². The molecule has 0 spiro atoms. The molecule has 0 saturated carbocycles. The third kappa shape index (κ3) is 1.83. The second kappa shape index (κ2) is 4.94. The van der Waals surface area contributed by atoms with Gasteiger partial charge in [0.25, 0.3) is 0 Å². The normalized spacial score (nSPS) is 12.2. The second-order valence-electron chi connectivity index (χ2n) is 6.70. The van der Waals surface area contributed by atoms with Crippen LogP contribution >= 0.6 is 23.2 Å². The van der Waals surface area contributed by atoms with Crippen LogP contribution in [0, 0.1) is 0 Å². The first kappa shape index (κ1) is 14.5. The van der Waals surface area contributed by atoms with E-state index in [9.17, 15) is 0 Å². The molecule has 0 saturated heterocycles. The Morgan fingerprint density at radius 3 is 1.35 bits per heavy atom. The molecule has 0 aliphatic heterocycles. The molecular formula is C22H12Cl2N2. The van der Waals surface area contributed by atoms with E-state index in [1.165, 1.54) is 32.3 Å². The van der Waals surface area contributed by atoms with Crippen molar-refractivity contribution in [2.45, 2.75) is 0 Å². The number of rotatable bonds is 0.